The molecule has 1 amide bonds. The van der Waals surface area contributed by atoms with Crippen molar-refractivity contribution < 1.29 is 35.7 Å². The second kappa shape index (κ2) is 5.40. The minimum Gasteiger partial charge on any atom is -0.465 e. The minimum atomic E-state index is -5.89. The molecule has 0 aromatic carbocycles. The molecule has 2 heterocycles. The van der Waals surface area contributed by atoms with Crippen molar-refractivity contribution in [2.75, 3.05) is 13.1 Å². The summed E-state index contributed by atoms with van der Waals surface area (Å²) in [6, 6.07) is -0.539. The van der Waals surface area contributed by atoms with Gasteiger partial charge in [-0.25, -0.2) is 8.98 Å². The van der Waals surface area contributed by atoms with Gasteiger partial charge >= 0.3 is 21.7 Å². The number of hydrogen-bond acceptors (Lipinski definition) is 6. The van der Waals surface area contributed by atoms with E-state index in [2.05, 4.69) is 14.4 Å². The van der Waals surface area contributed by atoms with Gasteiger partial charge in [0.05, 0.1) is 12.6 Å². The van der Waals surface area contributed by atoms with Gasteiger partial charge in [0.2, 0.25) is 0 Å². The van der Waals surface area contributed by atoms with Crippen LogP contribution in [0.1, 0.15) is 12.8 Å². The molecule has 0 radical (unpaired) electrons. The Bertz CT molecular complexity index is 549. The number of carbonyl (C=O) groups is 1. The highest BCUT2D eigenvalue weighted by Gasteiger charge is 2.50. The number of likely N-dealkylation sites (tertiary alicyclic amines) is 1. The number of azo groups is 1. The van der Waals surface area contributed by atoms with E-state index in [1.807, 2.05) is 0 Å². The second-order valence-corrected chi connectivity index (χ2v) is 6.28. The van der Waals surface area contributed by atoms with Crippen LogP contribution < -0.4 is 0 Å². The third-order valence-corrected chi connectivity index (χ3v) is 4.43. The number of fused-ring (bicyclic) bond motifs is 1. The van der Waals surface area contributed by atoms with Gasteiger partial charge in [0, 0.05) is 18.9 Å². The first kappa shape index (κ1) is 15.9. The average Bonchev–Trinajstić information content (AvgIpc) is 2.67. The summed E-state index contributed by atoms with van der Waals surface area (Å²) in [7, 11) is -5.89. The number of hydrogen-bond donors (Lipinski definition) is 1. The van der Waals surface area contributed by atoms with Crippen LogP contribution in [0.4, 0.5) is 18.0 Å². The first-order valence-electron chi connectivity index (χ1n) is 5.97. The van der Waals surface area contributed by atoms with Crippen LogP contribution in [0, 0.1) is 5.92 Å². The highest BCUT2D eigenvalue weighted by molar-refractivity contribution is 7.87. The number of rotatable bonds is 2. The van der Waals surface area contributed by atoms with E-state index < -0.39 is 34.0 Å². The van der Waals surface area contributed by atoms with Crippen molar-refractivity contribution in [3.05, 3.63) is 0 Å². The molecule has 0 saturated carbocycles. The molecule has 2 rings (SSSR count). The maximum Gasteiger partial charge on any atom is 0.523 e. The van der Waals surface area contributed by atoms with Gasteiger partial charge in [-0.15, -0.1) is 0 Å². The lowest BCUT2D eigenvalue weighted by atomic mass is 9.97. The highest BCUT2D eigenvalue weighted by atomic mass is 32.2. The first-order valence-corrected chi connectivity index (χ1v) is 7.38. The normalized spacial score (nSPS) is 30.0. The standard InChI is InChI=1S/C9H12F3N3O5S/c10-9(11,12)21(18,19)20-7-3-6-5(4-13-14-6)1-2-15(7)8(16)17/h5-7H,1-4H2,(H,16,17). The molecule has 0 bridgehead atoms. The summed E-state index contributed by atoms with van der Waals surface area (Å²) < 4.78 is 63.3. The molecule has 0 aromatic rings. The molecule has 2 aliphatic rings. The number of amides is 1. The fourth-order valence-electron chi connectivity index (χ4n) is 2.29. The molecule has 1 fully saturated rings. The lowest BCUT2D eigenvalue weighted by molar-refractivity contribution is -0.0659. The topological polar surface area (TPSA) is 109 Å². The fourth-order valence-corrected chi connectivity index (χ4v) is 2.87. The summed E-state index contributed by atoms with van der Waals surface area (Å²) in [5.74, 6) is -0.117. The van der Waals surface area contributed by atoms with Crippen molar-refractivity contribution in [3.8, 4) is 0 Å². The summed E-state index contributed by atoms with van der Waals surface area (Å²) >= 11 is 0. The number of halogens is 3. The van der Waals surface area contributed by atoms with Gasteiger partial charge in [0.25, 0.3) is 0 Å². The Labute approximate surface area is 117 Å². The summed E-state index contributed by atoms with van der Waals surface area (Å²) in [6.07, 6.45) is -3.26. The number of alkyl halides is 3. The molecule has 0 aliphatic carbocycles. The molecule has 3 unspecified atom stereocenters. The largest absolute Gasteiger partial charge is 0.523 e. The third kappa shape index (κ3) is 3.26. The van der Waals surface area contributed by atoms with E-state index in [4.69, 9.17) is 5.11 Å². The van der Waals surface area contributed by atoms with E-state index in [1.54, 1.807) is 0 Å². The molecule has 1 saturated heterocycles. The van der Waals surface area contributed by atoms with Crippen LogP contribution in [0.25, 0.3) is 0 Å². The minimum absolute atomic E-state index is 0.117. The van der Waals surface area contributed by atoms with Crippen molar-refractivity contribution in [2.24, 2.45) is 16.1 Å². The molecular formula is C9H12F3N3O5S. The molecule has 8 nitrogen and oxygen atoms in total. The third-order valence-electron chi connectivity index (χ3n) is 3.39. The summed E-state index contributed by atoms with van der Waals surface area (Å²) in [6.45, 7) is 0.205. The van der Waals surface area contributed by atoms with E-state index in [0.717, 1.165) is 0 Å². The van der Waals surface area contributed by atoms with Crippen LogP contribution in [-0.2, 0) is 14.3 Å². The van der Waals surface area contributed by atoms with Crippen LogP contribution in [-0.4, -0.2) is 55.4 Å². The zero-order chi connectivity index (χ0) is 15.8. The fraction of sp³-hybridized carbons (Fsp3) is 0.889. The smallest absolute Gasteiger partial charge is 0.465 e. The Hall–Kier alpha value is -1.43. The lowest BCUT2D eigenvalue weighted by Gasteiger charge is -2.27. The van der Waals surface area contributed by atoms with Gasteiger partial charge in [-0.3, -0.25) is 4.90 Å². The van der Waals surface area contributed by atoms with E-state index in [-0.39, 0.29) is 18.9 Å². The van der Waals surface area contributed by atoms with Crippen molar-refractivity contribution >= 4 is 16.2 Å². The molecule has 2 aliphatic heterocycles. The Morgan fingerprint density at radius 3 is 2.62 bits per heavy atom. The van der Waals surface area contributed by atoms with Crippen LogP contribution in [0.15, 0.2) is 10.2 Å². The van der Waals surface area contributed by atoms with E-state index in [0.29, 0.717) is 17.9 Å². The molecule has 3 atom stereocenters. The number of carboxylic acid groups (broad SMARTS) is 1. The molecule has 12 heteroatoms. The van der Waals surface area contributed by atoms with Gasteiger partial charge in [0.15, 0.2) is 6.23 Å². The molecule has 0 aromatic heterocycles. The van der Waals surface area contributed by atoms with E-state index in [9.17, 15) is 26.4 Å². The molecule has 1 N–H and O–H groups in total. The quantitative estimate of drug-likeness (QED) is 0.608. The highest BCUT2D eigenvalue weighted by Crippen LogP contribution is 2.33. The predicted molar refractivity (Wildman–Crippen MR) is 60.8 cm³/mol. The predicted octanol–water partition coefficient (Wildman–Crippen LogP) is 1.40. The van der Waals surface area contributed by atoms with Crippen molar-refractivity contribution in [2.45, 2.75) is 30.6 Å². The van der Waals surface area contributed by atoms with Crippen molar-refractivity contribution in [3.63, 3.8) is 0 Å². The number of nitrogens with zero attached hydrogens (tertiary/aromatic N) is 3. The first-order chi connectivity index (χ1) is 9.62. The van der Waals surface area contributed by atoms with Gasteiger partial charge in [-0.2, -0.15) is 31.8 Å². The monoisotopic (exact) mass is 331 g/mol. The van der Waals surface area contributed by atoms with Crippen LogP contribution >= 0.6 is 0 Å². The summed E-state index contributed by atoms with van der Waals surface area (Å²) in [4.78, 5) is 11.6. The van der Waals surface area contributed by atoms with Crippen LogP contribution in [0.2, 0.25) is 0 Å². The van der Waals surface area contributed by atoms with E-state index >= 15 is 0 Å². The molecule has 0 spiro atoms. The zero-order valence-electron chi connectivity index (χ0n) is 10.5. The average molecular weight is 331 g/mol. The maximum absolute atomic E-state index is 12.4. The van der Waals surface area contributed by atoms with Crippen molar-refractivity contribution in [1.29, 1.82) is 0 Å². The van der Waals surface area contributed by atoms with Crippen molar-refractivity contribution in [1.82, 2.24) is 4.90 Å². The Morgan fingerprint density at radius 1 is 1.38 bits per heavy atom. The van der Waals surface area contributed by atoms with Gasteiger partial charge in [-0.1, -0.05) is 0 Å². The Balaban J connectivity index is 2.23. The van der Waals surface area contributed by atoms with E-state index in [1.165, 1.54) is 0 Å². The molecule has 120 valence electrons. The second-order valence-electron chi connectivity index (χ2n) is 4.72. The van der Waals surface area contributed by atoms with Gasteiger partial charge in [0.1, 0.15) is 0 Å². The summed E-state index contributed by atoms with van der Waals surface area (Å²) in [5.41, 5.74) is -5.61. The SMILES string of the molecule is O=C(O)N1CCC2CN=NC2CC1OS(=O)(=O)C(F)(F)F. The Kier molecular flexibility index (Phi) is 4.10. The van der Waals surface area contributed by atoms with Gasteiger partial charge in [-0.05, 0) is 6.42 Å². The lowest BCUT2D eigenvalue weighted by Crippen LogP contribution is -2.44. The van der Waals surface area contributed by atoms with Crippen LogP contribution in [0.3, 0.4) is 0 Å². The molecular weight excluding hydrogens is 319 g/mol. The van der Waals surface area contributed by atoms with Gasteiger partial charge < -0.3 is 5.11 Å². The Morgan fingerprint density at radius 2 is 2.05 bits per heavy atom. The summed E-state index contributed by atoms with van der Waals surface area (Å²) in [5, 5.41) is 16.6. The molecule has 21 heavy (non-hydrogen) atoms. The zero-order valence-corrected chi connectivity index (χ0v) is 11.3. The van der Waals surface area contributed by atoms with Crippen LogP contribution in [0.5, 0.6) is 0 Å². The maximum atomic E-state index is 12.4.